The van der Waals surface area contributed by atoms with Crippen LogP contribution in [0, 0.1) is 10.1 Å². The van der Waals surface area contributed by atoms with Crippen molar-refractivity contribution in [3.8, 4) is 0 Å². The number of benzene rings is 1. The average Bonchev–Trinajstić information content (AvgIpc) is 2.06. The summed E-state index contributed by atoms with van der Waals surface area (Å²) in [5.41, 5.74) is -0.115. The fourth-order valence-electron chi connectivity index (χ4n) is 0.971. The number of nitro benzene ring substituents is 1. The van der Waals surface area contributed by atoms with E-state index in [2.05, 4.69) is 0 Å². The molecule has 1 aromatic carbocycles. The molecule has 0 aromatic heterocycles. The number of nitrogens with zero attached hydrogens (tertiary/aromatic N) is 1. The number of rotatable bonds is 3. The summed E-state index contributed by atoms with van der Waals surface area (Å²) in [5.74, 6) is -0.533. The molecule has 0 aliphatic rings. The molecule has 0 unspecified atom stereocenters. The van der Waals surface area contributed by atoms with Gasteiger partial charge in [0.15, 0.2) is 0 Å². The van der Waals surface area contributed by atoms with Gasteiger partial charge in [0.25, 0.3) is 5.69 Å². The molecular weight excluding hydrogens is 265 g/mol. The molecule has 0 heterocycles. The van der Waals surface area contributed by atoms with Gasteiger partial charge < -0.3 is 0 Å². The van der Waals surface area contributed by atoms with Crippen LogP contribution in [-0.4, -0.2) is 13.3 Å². The van der Waals surface area contributed by atoms with Gasteiger partial charge in [-0.05, 0) is 11.6 Å². The van der Waals surface area contributed by atoms with E-state index in [-0.39, 0.29) is 16.3 Å². The summed E-state index contributed by atoms with van der Waals surface area (Å²) in [6.07, 6.45) is 0. The first kappa shape index (κ1) is 12.2. The minimum Gasteiger partial charge on any atom is -0.258 e. The predicted octanol–water partition coefficient (Wildman–Crippen LogP) is 2.32. The lowest BCUT2D eigenvalue weighted by atomic mass is 10.2. The number of halogens is 2. The average molecular weight is 270 g/mol. The van der Waals surface area contributed by atoms with Crippen LogP contribution in [0.2, 0.25) is 5.02 Å². The van der Waals surface area contributed by atoms with E-state index in [4.69, 9.17) is 22.3 Å². The quantitative estimate of drug-likeness (QED) is 0.479. The number of hydrogen-bond donors (Lipinski definition) is 0. The van der Waals surface area contributed by atoms with Crippen molar-refractivity contribution in [2.45, 2.75) is 5.75 Å². The molecule has 5 nitrogen and oxygen atoms in total. The van der Waals surface area contributed by atoms with Crippen LogP contribution in [-0.2, 0) is 14.8 Å². The normalized spacial score (nSPS) is 11.3. The Hall–Kier alpha value is -0.850. The van der Waals surface area contributed by atoms with E-state index >= 15 is 0 Å². The second-order valence-electron chi connectivity index (χ2n) is 2.72. The fourth-order valence-corrected chi connectivity index (χ4v) is 2.20. The first-order valence-corrected chi connectivity index (χ1v) is 6.50. The lowest BCUT2D eigenvalue weighted by Gasteiger charge is -2.01. The maximum atomic E-state index is 10.8. The Morgan fingerprint density at radius 1 is 1.40 bits per heavy atom. The standard InChI is InChI=1S/C7H5Cl2NO4S/c8-7-2-1-6(10(11)12)3-5(7)4-15(9,13)14/h1-3H,4H2. The molecule has 0 aliphatic carbocycles. The Bertz CT molecular complexity index is 500. The lowest BCUT2D eigenvalue weighted by Crippen LogP contribution is -1.97. The Morgan fingerprint density at radius 2 is 2.00 bits per heavy atom. The zero-order chi connectivity index (χ0) is 11.6. The highest BCUT2D eigenvalue weighted by molar-refractivity contribution is 8.13. The lowest BCUT2D eigenvalue weighted by molar-refractivity contribution is -0.384. The molecule has 82 valence electrons. The molecular formula is C7H5Cl2NO4S. The molecule has 0 saturated carbocycles. The molecule has 0 amide bonds. The van der Waals surface area contributed by atoms with Crippen LogP contribution in [0.1, 0.15) is 5.56 Å². The zero-order valence-corrected chi connectivity index (χ0v) is 9.51. The summed E-state index contributed by atoms with van der Waals surface area (Å²) >= 11 is 5.66. The monoisotopic (exact) mass is 269 g/mol. The van der Waals surface area contributed by atoms with Crippen molar-refractivity contribution in [2.75, 3.05) is 0 Å². The van der Waals surface area contributed by atoms with Crippen molar-refractivity contribution in [1.82, 2.24) is 0 Å². The molecule has 15 heavy (non-hydrogen) atoms. The van der Waals surface area contributed by atoms with Crippen molar-refractivity contribution < 1.29 is 13.3 Å². The molecule has 0 spiro atoms. The number of nitro groups is 1. The van der Waals surface area contributed by atoms with Gasteiger partial charge in [0.05, 0.1) is 10.7 Å². The molecule has 0 N–H and O–H groups in total. The summed E-state index contributed by atoms with van der Waals surface area (Å²) < 4.78 is 21.5. The third-order valence-electron chi connectivity index (χ3n) is 1.57. The van der Waals surface area contributed by atoms with Gasteiger partial charge in [-0.25, -0.2) is 8.42 Å². The molecule has 1 rings (SSSR count). The van der Waals surface area contributed by atoms with Gasteiger partial charge in [-0.3, -0.25) is 10.1 Å². The second kappa shape index (κ2) is 4.34. The predicted molar refractivity (Wildman–Crippen MR) is 56.6 cm³/mol. The van der Waals surface area contributed by atoms with Crippen LogP contribution < -0.4 is 0 Å². The van der Waals surface area contributed by atoms with Crippen LogP contribution in [0.25, 0.3) is 0 Å². The Morgan fingerprint density at radius 3 is 2.47 bits per heavy atom. The molecule has 8 heteroatoms. The van der Waals surface area contributed by atoms with Gasteiger partial charge >= 0.3 is 0 Å². The zero-order valence-electron chi connectivity index (χ0n) is 7.18. The topological polar surface area (TPSA) is 77.3 Å². The largest absolute Gasteiger partial charge is 0.269 e. The third kappa shape index (κ3) is 3.65. The first-order chi connectivity index (χ1) is 6.79. The minimum absolute atomic E-state index is 0.112. The summed E-state index contributed by atoms with van der Waals surface area (Å²) in [6.45, 7) is 0. The Balaban J connectivity index is 3.17. The van der Waals surface area contributed by atoms with E-state index in [1.54, 1.807) is 0 Å². The molecule has 0 saturated heterocycles. The first-order valence-electron chi connectivity index (χ1n) is 3.65. The SMILES string of the molecule is O=[N+]([O-])c1ccc(Cl)c(CS(=O)(=O)Cl)c1. The molecule has 0 aliphatic heterocycles. The van der Waals surface area contributed by atoms with Crippen molar-refractivity contribution in [3.63, 3.8) is 0 Å². The van der Waals surface area contributed by atoms with Gasteiger partial charge in [-0.2, -0.15) is 0 Å². The Labute approximate surface area is 95.2 Å². The maximum absolute atomic E-state index is 10.8. The maximum Gasteiger partial charge on any atom is 0.269 e. The van der Waals surface area contributed by atoms with Crippen LogP contribution in [0.15, 0.2) is 18.2 Å². The van der Waals surface area contributed by atoms with E-state index in [1.807, 2.05) is 0 Å². The van der Waals surface area contributed by atoms with E-state index in [0.717, 1.165) is 6.07 Å². The van der Waals surface area contributed by atoms with Crippen LogP contribution in [0.5, 0.6) is 0 Å². The molecule has 0 bridgehead atoms. The summed E-state index contributed by atoms with van der Waals surface area (Å²) in [6, 6.07) is 3.53. The minimum atomic E-state index is -3.78. The van der Waals surface area contributed by atoms with Crippen LogP contribution in [0.4, 0.5) is 5.69 Å². The van der Waals surface area contributed by atoms with Crippen molar-refractivity contribution >= 4 is 37.0 Å². The fraction of sp³-hybridized carbons (Fsp3) is 0.143. The Kier molecular flexibility index (Phi) is 3.54. The highest BCUT2D eigenvalue weighted by Gasteiger charge is 2.14. The summed E-state index contributed by atoms with van der Waals surface area (Å²) in [5, 5.41) is 10.5. The number of non-ortho nitro benzene ring substituents is 1. The number of hydrogen-bond acceptors (Lipinski definition) is 4. The second-order valence-corrected chi connectivity index (χ2v) is 5.90. The summed E-state index contributed by atoms with van der Waals surface area (Å²) in [4.78, 5) is 9.77. The van der Waals surface area contributed by atoms with Gasteiger partial charge in [-0.15, -0.1) is 0 Å². The van der Waals surface area contributed by atoms with E-state index in [1.165, 1.54) is 12.1 Å². The molecule has 0 atom stereocenters. The van der Waals surface area contributed by atoms with E-state index < -0.39 is 19.7 Å². The van der Waals surface area contributed by atoms with Gasteiger partial charge in [0.2, 0.25) is 9.05 Å². The molecule has 0 radical (unpaired) electrons. The van der Waals surface area contributed by atoms with Crippen LogP contribution >= 0.6 is 22.3 Å². The van der Waals surface area contributed by atoms with Crippen molar-refractivity contribution in [3.05, 3.63) is 38.9 Å². The summed E-state index contributed by atoms with van der Waals surface area (Å²) in [7, 11) is 1.24. The van der Waals surface area contributed by atoms with Crippen molar-refractivity contribution in [2.24, 2.45) is 0 Å². The smallest absolute Gasteiger partial charge is 0.258 e. The van der Waals surface area contributed by atoms with Gasteiger partial charge in [0, 0.05) is 27.8 Å². The van der Waals surface area contributed by atoms with Crippen molar-refractivity contribution in [1.29, 1.82) is 0 Å². The van der Waals surface area contributed by atoms with E-state index in [0.29, 0.717) is 0 Å². The molecule has 0 fully saturated rings. The molecule has 1 aromatic rings. The highest BCUT2D eigenvalue weighted by Crippen LogP contribution is 2.24. The van der Waals surface area contributed by atoms with Crippen LogP contribution in [0.3, 0.4) is 0 Å². The van der Waals surface area contributed by atoms with Gasteiger partial charge in [-0.1, -0.05) is 11.6 Å². The third-order valence-corrected chi connectivity index (χ3v) is 2.92. The highest BCUT2D eigenvalue weighted by atomic mass is 35.7. The van der Waals surface area contributed by atoms with Gasteiger partial charge in [0.1, 0.15) is 0 Å². The van der Waals surface area contributed by atoms with E-state index in [9.17, 15) is 18.5 Å².